The molecule has 1 amide bonds. The van der Waals surface area contributed by atoms with E-state index in [0.29, 0.717) is 25.3 Å². The van der Waals surface area contributed by atoms with E-state index in [1.54, 1.807) is 29.2 Å². The Balaban J connectivity index is 2.05. The molecule has 30 heavy (non-hydrogen) atoms. The first-order valence-corrected chi connectivity index (χ1v) is 10.1. The first kappa shape index (κ1) is 21.6. The summed E-state index contributed by atoms with van der Waals surface area (Å²) in [6.07, 6.45) is 0.906. The second-order valence-corrected chi connectivity index (χ2v) is 7.58. The predicted molar refractivity (Wildman–Crippen MR) is 116 cm³/mol. The molecular weight excluding hydrogens is 380 g/mol. The maximum atomic E-state index is 12.9. The second-order valence-electron chi connectivity index (χ2n) is 7.58. The number of benzene rings is 2. The number of carbonyl (C=O) groups is 2. The Morgan fingerprint density at radius 1 is 1.07 bits per heavy atom. The second kappa shape index (κ2) is 9.59. The molecule has 1 N–H and O–H groups in total. The van der Waals surface area contributed by atoms with E-state index >= 15 is 0 Å². The van der Waals surface area contributed by atoms with E-state index in [4.69, 9.17) is 4.74 Å². The Morgan fingerprint density at radius 2 is 1.73 bits per heavy atom. The summed E-state index contributed by atoms with van der Waals surface area (Å²) in [6.45, 7) is 3.64. The maximum absolute atomic E-state index is 12.9. The summed E-state index contributed by atoms with van der Waals surface area (Å²) < 4.78 is 5.65. The molecule has 158 valence electrons. The van der Waals surface area contributed by atoms with E-state index in [1.807, 2.05) is 56.3 Å². The quantitative estimate of drug-likeness (QED) is 0.412. The lowest BCUT2D eigenvalue weighted by Crippen LogP contribution is -2.35. The smallest absolute Gasteiger partial charge is 0.295 e. The number of amides is 1. The molecule has 0 spiro atoms. The molecular formula is C24H28N2O4. The molecule has 1 unspecified atom stereocenters. The first-order chi connectivity index (χ1) is 14.4. The molecule has 6 nitrogen and oxygen atoms in total. The number of ketones is 1. The summed E-state index contributed by atoms with van der Waals surface area (Å²) in [7, 11) is 3.82. The average Bonchev–Trinajstić information content (AvgIpc) is 3.01. The number of aliphatic hydroxyl groups excluding tert-OH is 1. The van der Waals surface area contributed by atoms with Crippen molar-refractivity contribution in [2.24, 2.45) is 0 Å². The van der Waals surface area contributed by atoms with Crippen LogP contribution in [0.15, 0.2) is 60.2 Å². The minimum absolute atomic E-state index is 0.118. The summed E-state index contributed by atoms with van der Waals surface area (Å²) in [6, 6.07) is 15.6. The highest BCUT2D eigenvalue weighted by atomic mass is 16.5. The summed E-state index contributed by atoms with van der Waals surface area (Å²) in [5, 5.41) is 11.0. The fourth-order valence-corrected chi connectivity index (χ4v) is 3.48. The Bertz CT molecular complexity index is 920. The van der Waals surface area contributed by atoms with Crippen LogP contribution in [0.5, 0.6) is 5.75 Å². The third-order valence-electron chi connectivity index (χ3n) is 5.04. The van der Waals surface area contributed by atoms with Gasteiger partial charge in [0.2, 0.25) is 0 Å². The summed E-state index contributed by atoms with van der Waals surface area (Å²) in [5.74, 6) is -0.677. The van der Waals surface area contributed by atoms with Crippen molar-refractivity contribution in [2.75, 3.05) is 33.8 Å². The molecule has 1 aliphatic heterocycles. The van der Waals surface area contributed by atoms with Crippen LogP contribution >= 0.6 is 0 Å². The van der Waals surface area contributed by atoms with Crippen molar-refractivity contribution < 1.29 is 19.4 Å². The minimum atomic E-state index is -0.661. The van der Waals surface area contributed by atoms with Crippen molar-refractivity contribution in [3.63, 3.8) is 0 Å². The van der Waals surface area contributed by atoms with Crippen LogP contribution in [0.25, 0.3) is 5.76 Å². The van der Waals surface area contributed by atoms with Gasteiger partial charge in [0.1, 0.15) is 11.5 Å². The number of Topliss-reactive ketones (excluding diaryl/α,β-unsaturated/α-hetero) is 1. The zero-order valence-corrected chi connectivity index (χ0v) is 17.7. The van der Waals surface area contributed by atoms with Crippen molar-refractivity contribution in [2.45, 2.75) is 19.4 Å². The topological polar surface area (TPSA) is 70.1 Å². The molecule has 0 radical (unpaired) electrons. The first-order valence-electron chi connectivity index (χ1n) is 10.1. The molecule has 1 atom stereocenters. The van der Waals surface area contributed by atoms with Crippen LogP contribution in [0, 0.1) is 0 Å². The molecule has 1 aliphatic rings. The molecule has 1 heterocycles. The van der Waals surface area contributed by atoms with Gasteiger partial charge in [0, 0.05) is 18.7 Å². The molecule has 2 aromatic rings. The van der Waals surface area contributed by atoms with Gasteiger partial charge in [-0.25, -0.2) is 0 Å². The van der Waals surface area contributed by atoms with Crippen molar-refractivity contribution in [1.29, 1.82) is 0 Å². The lowest BCUT2D eigenvalue weighted by Gasteiger charge is -2.26. The Labute approximate surface area is 177 Å². The van der Waals surface area contributed by atoms with Gasteiger partial charge < -0.3 is 19.6 Å². The summed E-state index contributed by atoms with van der Waals surface area (Å²) in [5.41, 5.74) is 1.39. The number of likely N-dealkylation sites (tertiary alicyclic amines) is 1. The molecule has 0 bridgehead atoms. The number of ether oxygens (including phenoxy) is 1. The molecule has 1 fully saturated rings. The number of hydrogen-bond acceptors (Lipinski definition) is 5. The van der Waals surface area contributed by atoms with Gasteiger partial charge in [-0.1, -0.05) is 49.4 Å². The molecule has 1 saturated heterocycles. The Hall–Kier alpha value is -3.12. The highest BCUT2D eigenvalue weighted by molar-refractivity contribution is 6.46. The molecule has 3 rings (SSSR count). The average molecular weight is 408 g/mol. The van der Waals surface area contributed by atoms with Crippen LogP contribution in [0.4, 0.5) is 0 Å². The molecule has 0 aliphatic carbocycles. The van der Waals surface area contributed by atoms with Crippen LogP contribution in [-0.2, 0) is 9.59 Å². The SMILES string of the molecule is CCCOc1ccc(C2/C(=C(/O)c3ccccc3)C(=O)C(=O)N2CCN(C)C)cc1. The molecule has 6 heteroatoms. The summed E-state index contributed by atoms with van der Waals surface area (Å²) >= 11 is 0. The van der Waals surface area contributed by atoms with E-state index in [-0.39, 0.29) is 11.3 Å². The van der Waals surface area contributed by atoms with Crippen molar-refractivity contribution >= 4 is 17.4 Å². The fraction of sp³-hybridized carbons (Fsp3) is 0.333. The molecule has 0 saturated carbocycles. The zero-order valence-electron chi connectivity index (χ0n) is 17.7. The number of rotatable bonds is 8. The number of nitrogens with zero attached hydrogens (tertiary/aromatic N) is 2. The van der Waals surface area contributed by atoms with Crippen LogP contribution in [0.2, 0.25) is 0 Å². The van der Waals surface area contributed by atoms with Crippen molar-refractivity contribution in [3.8, 4) is 5.75 Å². The van der Waals surface area contributed by atoms with Crippen LogP contribution in [-0.4, -0.2) is 60.4 Å². The third-order valence-corrected chi connectivity index (χ3v) is 5.04. The van der Waals surface area contributed by atoms with Gasteiger partial charge in [-0.05, 0) is 38.2 Å². The normalized spacial score (nSPS) is 18.3. The highest BCUT2D eigenvalue weighted by Gasteiger charge is 2.45. The van der Waals surface area contributed by atoms with Gasteiger partial charge in [0.25, 0.3) is 11.7 Å². The summed E-state index contributed by atoms with van der Waals surface area (Å²) in [4.78, 5) is 29.3. The number of likely N-dealkylation sites (N-methyl/N-ethyl adjacent to an activating group) is 1. The third kappa shape index (κ3) is 4.54. The van der Waals surface area contributed by atoms with E-state index in [9.17, 15) is 14.7 Å². The fourth-order valence-electron chi connectivity index (χ4n) is 3.48. The Morgan fingerprint density at radius 3 is 2.33 bits per heavy atom. The van der Waals surface area contributed by atoms with Gasteiger partial charge in [-0.3, -0.25) is 9.59 Å². The highest BCUT2D eigenvalue weighted by Crippen LogP contribution is 2.39. The number of aliphatic hydroxyl groups is 1. The van der Waals surface area contributed by atoms with Gasteiger partial charge in [0.15, 0.2) is 0 Å². The van der Waals surface area contributed by atoms with E-state index in [1.165, 1.54) is 0 Å². The van der Waals surface area contributed by atoms with Gasteiger partial charge in [-0.15, -0.1) is 0 Å². The van der Waals surface area contributed by atoms with Gasteiger partial charge in [-0.2, -0.15) is 0 Å². The predicted octanol–water partition coefficient (Wildman–Crippen LogP) is 3.46. The Kier molecular flexibility index (Phi) is 6.90. The molecule has 2 aromatic carbocycles. The monoisotopic (exact) mass is 408 g/mol. The van der Waals surface area contributed by atoms with Gasteiger partial charge >= 0.3 is 0 Å². The van der Waals surface area contributed by atoms with Crippen LogP contribution in [0.3, 0.4) is 0 Å². The van der Waals surface area contributed by atoms with Crippen molar-refractivity contribution in [1.82, 2.24) is 9.80 Å². The standard InChI is InChI=1S/C24H28N2O4/c1-4-16-30-19-12-10-17(11-13-19)21-20(22(27)18-8-6-5-7-9-18)23(28)24(29)26(21)15-14-25(2)3/h5-13,21,27H,4,14-16H2,1-3H3/b22-20-. The van der Waals surface area contributed by atoms with Crippen LogP contribution < -0.4 is 4.74 Å². The lowest BCUT2D eigenvalue weighted by atomic mass is 9.95. The maximum Gasteiger partial charge on any atom is 0.295 e. The molecule has 0 aromatic heterocycles. The van der Waals surface area contributed by atoms with E-state index in [2.05, 4.69) is 0 Å². The van der Waals surface area contributed by atoms with E-state index in [0.717, 1.165) is 17.7 Å². The lowest BCUT2D eigenvalue weighted by molar-refractivity contribution is -0.140. The van der Waals surface area contributed by atoms with E-state index < -0.39 is 17.7 Å². The zero-order chi connectivity index (χ0) is 21.7. The van der Waals surface area contributed by atoms with Crippen molar-refractivity contribution in [3.05, 3.63) is 71.3 Å². The van der Waals surface area contributed by atoms with Gasteiger partial charge in [0.05, 0.1) is 18.2 Å². The minimum Gasteiger partial charge on any atom is -0.507 e. The van der Waals surface area contributed by atoms with Crippen LogP contribution in [0.1, 0.15) is 30.5 Å². The largest absolute Gasteiger partial charge is 0.507 e. The number of carbonyl (C=O) groups excluding carboxylic acids is 2. The number of hydrogen-bond donors (Lipinski definition) is 1.